The van der Waals surface area contributed by atoms with Gasteiger partial charge in [-0.1, -0.05) is 39.0 Å². The van der Waals surface area contributed by atoms with Crippen molar-refractivity contribution >= 4 is 18.1 Å². The van der Waals surface area contributed by atoms with Gasteiger partial charge in [0, 0.05) is 5.56 Å². The summed E-state index contributed by atoms with van der Waals surface area (Å²) in [5.74, 6) is -0.389. The number of rotatable bonds is 6. The monoisotopic (exact) mass is 411 g/mol. The van der Waals surface area contributed by atoms with Crippen molar-refractivity contribution < 1.29 is 28.9 Å². The molecule has 30 heavy (non-hydrogen) atoms. The van der Waals surface area contributed by atoms with Crippen molar-refractivity contribution in [2.75, 3.05) is 13.2 Å². The molecule has 8 heteroatoms. The topological polar surface area (TPSA) is 109 Å². The molecule has 2 aromatic carbocycles. The molecule has 0 bridgehead atoms. The lowest BCUT2D eigenvalue weighted by Gasteiger charge is -2.27. The quantitative estimate of drug-likeness (QED) is 0.569. The molecule has 2 aromatic rings. The van der Waals surface area contributed by atoms with E-state index in [0.29, 0.717) is 22.8 Å². The minimum absolute atomic E-state index is 0.0640. The van der Waals surface area contributed by atoms with E-state index in [2.05, 4.69) is 31.3 Å². The molecule has 0 aliphatic carbocycles. The zero-order valence-corrected chi connectivity index (χ0v) is 17.0. The van der Waals surface area contributed by atoms with Crippen LogP contribution >= 0.6 is 0 Å². The van der Waals surface area contributed by atoms with E-state index < -0.39 is 24.6 Å². The van der Waals surface area contributed by atoms with Crippen molar-refractivity contribution in [3.8, 4) is 17.2 Å². The lowest BCUT2D eigenvalue weighted by atomic mass is 9.87. The number of aliphatic carboxylic acids is 1. The number of nitrogens with one attached hydrogen (secondary N) is 1. The van der Waals surface area contributed by atoms with Crippen LogP contribution in [0.1, 0.15) is 31.9 Å². The summed E-state index contributed by atoms with van der Waals surface area (Å²) in [5, 5.41) is 14.5. The number of para-hydroxylation sites is 1. The lowest BCUT2D eigenvalue weighted by Crippen LogP contribution is -2.42. The Morgan fingerprint density at radius 1 is 1.23 bits per heavy atom. The number of hydrogen-bond acceptors (Lipinski definition) is 7. The first-order valence-corrected chi connectivity index (χ1v) is 9.42. The second-order valence-electron chi connectivity index (χ2n) is 7.76. The Morgan fingerprint density at radius 3 is 2.73 bits per heavy atom. The lowest BCUT2D eigenvalue weighted by molar-refractivity contribution is -0.307. The van der Waals surface area contributed by atoms with E-state index in [1.54, 1.807) is 24.3 Å². The summed E-state index contributed by atoms with van der Waals surface area (Å²) < 4.78 is 16.6. The van der Waals surface area contributed by atoms with Gasteiger partial charge in [-0.05, 0) is 35.2 Å². The van der Waals surface area contributed by atoms with Gasteiger partial charge >= 0.3 is 0 Å². The van der Waals surface area contributed by atoms with Gasteiger partial charge in [-0.2, -0.15) is 5.10 Å². The Balaban J connectivity index is 1.63. The molecule has 1 atom stereocenters. The number of amides is 1. The molecule has 0 fully saturated rings. The van der Waals surface area contributed by atoms with Gasteiger partial charge < -0.3 is 24.1 Å². The van der Waals surface area contributed by atoms with E-state index >= 15 is 0 Å². The van der Waals surface area contributed by atoms with E-state index in [9.17, 15) is 14.7 Å². The zero-order chi connectivity index (χ0) is 21.7. The summed E-state index contributed by atoms with van der Waals surface area (Å²) in [5.41, 5.74) is 3.91. The van der Waals surface area contributed by atoms with Crippen molar-refractivity contribution in [1.29, 1.82) is 0 Å². The fourth-order valence-electron chi connectivity index (χ4n) is 2.76. The summed E-state index contributed by atoms with van der Waals surface area (Å²) in [7, 11) is 0. The highest BCUT2D eigenvalue weighted by molar-refractivity contribution is 5.86. The predicted octanol–water partition coefficient (Wildman–Crippen LogP) is 1.40. The van der Waals surface area contributed by atoms with E-state index in [0.717, 1.165) is 5.56 Å². The van der Waals surface area contributed by atoms with Crippen LogP contribution in [0.2, 0.25) is 0 Å². The number of benzene rings is 2. The van der Waals surface area contributed by atoms with Gasteiger partial charge in [-0.15, -0.1) is 0 Å². The molecule has 0 spiro atoms. The third-order valence-corrected chi connectivity index (χ3v) is 4.40. The summed E-state index contributed by atoms with van der Waals surface area (Å²) in [4.78, 5) is 23.0. The highest BCUT2D eigenvalue weighted by atomic mass is 16.6. The number of carboxylic acid groups (broad SMARTS) is 1. The maximum Gasteiger partial charge on any atom is 0.284 e. The Morgan fingerprint density at radius 2 is 2.00 bits per heavy atom. The Labute approximate surface area is 174 Å². The zero-order valence-electron chi connectivity index (χ0n) is 17.0. The smallest absolute Gasteiger partial charge is 0.284 e. The van der Waals surface area contributed by atoms with Crippen LogP contribution in [0.5, 0.6) is 17.2 Å². The molecule has 158 valence electrons. The van der Waals surface area contributed by atoms with Crippen molar-refractivity contribution in [2.24, 2.45) is 5.10 Å². The number of carboxylic acids is 1. The van der Waals surface area contributed by atoms with Crippen LogP contribution in [0.4, 0.5) is 0 Å². The van der Waals surface area contributed by atoms with Gasteiger partial charge in [0.1, 0.15) is 19.0 Å². The SMILES string of the molecule is CC(C)(C)c1ccc2c(c1)O[C@@H](C(=O)N/N=C/c1ccccc1OCC(=O)[O-])CO2. The Kier molecular flexibility index (Phi) is 6.25. The highest BCUT2D eigenvalue weighted by Gasteiger charge is 2.28. The van der Waals surface area contributed by atoms with Gasteiger partial charge in [0.2, 0.25) is 6.10 Å². The van der Waals surface area contributed by atoms with Gasteiger partial charge in [0.25, 0.3) is 5.91 Å². The average molecular weight is 411 g/mol. The number of hydrogen-bond donors (Lipinski definition) is 1. The van der Waals surface area contributed by atoms with Gasteiger partial charge in [0.05, 0.1) is 12.2 Å². The molecule has 1 aliphatic heterocycles. The molecule has 1 N–H and O–H groups in total. The molecule has 0 aromatic heterocycles. The molecular formula is C22H23N2O6-. The molecule has 1 amide bonds. The predicted molar refractivity (Wildman–Crippen MR) is 108 cm³/mol. The molecule has 1 aliphatic rings. The molecule has 1 heterocycles. The summed E-state index contributed by atoms with van der Waals surface area (Å²) in [6.45, 7) is 5.75. The third-order valence-electron chi connectivity index (χ3n) is 4.40. The number of carbonyl (C=O) groups excluding carboxylic acids is 2. The maximum absolute atomic E-state index is 12.4. The standard InChI is InChI=1S/C22H24N2O6/c1-22(2,3)15-8-9-17-18(10-15)30-19(12-28-17)21(27)24-23-11-14-6-4-5-7-16(14)29-13-20(25)26/h4-11,19H,12-13H2,1-3H3,(H,24,27)(H,25,26)/p-1/b23-11+/t19-/m1/s1. The van der Waals surface area contributed by atoms with E-state index in [1.807, 2.05) is 18.2 Å². The first kappa shape index (κ1) is 21.2. The fourth-order valence-corrected chi connectivity index (χ4v) is 2.76. The van der Waals surface area contributed by atoms with Crippen LogP contribution in [-0.2, 0) is 15.0 Å². The minimum Gasteiger partial charge on any atom is -0.546 e. The summed E-state index contributed by atoms with van der Waals surface area (Å²) >= 11 is 0. The Hall–Kier alpha value is -3.55. The van der Waals surface area contributed by atoms with Crippen molar-refractivity contribution in [2.45, 2.75) is 32.3 Å². The first-order chi connectivity index (χ1) is 14.2. The largest absolute Gasteiger partial charge is 0.546 e. The summed E-state index contributed by atoms with van der Waals surface area (Å²) in [6, 6.07) is 12.4. The number of nitrogens with zero attached hydrogens (tertiary/aromatic N) is 1. The van der Waals surface area contributed by atoms with Gasteiger partial charge in [0.15, 0.2) is 11.5 Å². The second kappa shape index (κ2) is 8.86. The molecule has 8 nitrogen and oxygen atoms in total. The Bertz CT molecular complexity index is 964. The van der Waals surface area contributed by atoms with Crippen LogP contribution in [-0.4, -0.2) is 37.4 Å². The van der Waals surface area contributed by atoms with E-state index in [-0.39, 0.29) is 12.0 Å². The number of carbonyl (C=O) groups is 2. The molecule has 0 radical (unpaired) electrons. The number of fused-ring (bicyclic) bond motifs is 1. The maximum atomic E-state index is 12.4. The normalized spacial score (nSPS) is 15.6. The molecule has 0 saturated heterocycles. The van der Waals surface area contributed by atoms with Crippen LogP contribution < -0.4 is 24.7 Å². The van der Waals surface area contributed by atoms with Gasteiger partial charge in [-0.3, -0.25) is 4.79 Å². The van der Waals surface area contributed by atoms with Crippen molar-refractivity contribution in [3.63, 3.8) is 0 Å². The molecule has 3 rings (SSSR count). The molecule has 0 saturated carbocycles. The second-order valence-corrected chi connectivity index (χ2v) is 7.76. The third kappa shape index (κ3) is 5.28. The number of ether oxygens (including phenoxy) is 3. The average Bonchev–Trinajstić information content (AvgIpc) is 2.71. The van der Waals surface area contributed by atoms with Crippen molar-refractivity contribution in [3.05, 3.63) is 53.6 Å². The molecule has 0 unspecified atom stereocenters. The van der Waals surface area contributed by atoms with Crippen LogP contribution in [0, 0.1) is 0 Å². The summed E-state index contributed by atoms with van der Waals surface area (Å²) in [6.07, 6.45) is 0.507. The fraction of sp³-hybridized carbons (Fsp3) is 0.318. The molecular weight excluding hydrogens is 388 g/mol. The van der Waals surface area contributed by atoms with E-state index in [4.69, 9.17) is 14.2 Å². The van der Waals surface area contributed by atoms with Crippen LogP contribution in [0.15, 0.2) is 47.6 Å². The van der Waals surface area contributed by atoms with Crippen LogP contribution in [0.25, 0.3) is 0 Å². The number of hydrazone groups is 1. The van der Waals surface area contributed by atoms with E-state index in [1.165, 1.54) is 6.21 Å². The van der Waals surface area contributed by atoms with Crippen molar-refractivity contribution in [1.82, 2.24) is 5.43 Å². The first-order valence-electron chi connectivity index (χ1n) is 9.42. The highest BCUT2D eigenvalue weighted by Crippen LogP contribution is 2.36. The minimum atomic E-state index is -1.33. The van der Waals surface area contributed by atoms with Gasteiger partial charge in [-0.25, -0.2) is 5.43 Å². The van der Waals surface area contributed by atoms with Crippen LogP contribution in [0.3, 0.4) is 0 Å².